The maximum atomic E-state index is 13.8. The third-order valence-electron chi connectivity index (χ3n) is 10.4. The number of aromatic nitrogens is 4. The van der Waals surface area contributed by atoms with Crippen LogP contribution in [0.15, 0.2) is 18.2 Å². The number of ether oxygens (including phenoxy) is 4. The number of allylic oxidation sites excluding steroid dienone is 1. The van der Waals surface area contributed by atoms with E-state index in [0.29, 0.717) is 81.7 Å². The molecule has 0 fully saturated rings. The van der Waals surface area contributed by atoms with Crippen LogP contribution in [0.2, 0.25) is 0 Å². The number of H-pyrrole nitrogens is 2. The summed E-state index contributed by atoms with van der Waals surface area (Å²) < 4.78 is 21.6. The summed E-state index contributed by atoms with van der Waals surface area (Å²) in [4.78, 5) is 54.8. The molecule has 316 valence electrons. The first-order valence-corrected chi connectivity index (χ1v) is 19.7. The molecule has 58 heavy (non-hydrogen) atoms. The number of aromatic amines is 2. The van der Waals surface area contributed by atoms with Crippen LogP contribution in [-0.2, 0) is 59.2 Å². The minimum Gasteiger partial charge on any atom is -0.481 e. The molecule has 1 atom stereocenters. The number of fused-ring (bicyclic) bond motifs is 8. The summed E-state index contributed by atoms with van der Waals surface area (Å²) in [6, 6.07) is 5.89. The van der Waals surface area contributed by atoms with E-state index in [1.54, 1.807) is 32.9 Å². The highest BCUT2D eigenvalue weighted by Crippen LogP contribution is 2.36. The number of hydrogen-bond acceptors (Lipinski definition) is 10. The van der Waals surface area contributed by atoms with Gasteiger partial charge in [0.25, 0.3) is 0 Å². The van der Waals surface area contributed by atoms with Crippen molar-refractivity contribution in [3.8, 4) is 0 Å². The number of aliphatic hydroxyl groups is 1. The summed E-state index contributed by atoms with van der Waals surface area (Å²) in [6.45, 7) is 14.8. The Morgan fingerprint density at radius 1 is 0.810 bits per heavy atom. The molecular weight excluding hydrogens is 746 g/mol. The molecule has 5 N–H and O–H groups in total. The zero-order valence-electron chi connectivity index (χ0n) is 35.0. The predicted octanol–water partition coefficient (Wildman–Crippen LogP) is 5.53. The standard InChI is InChI=1S/C40H53N5O8.C3H6O2/c1-8-27-24(3)32-20-36-29(22-46)25(4)31(43-36)19-30-23(2)17-34(41-30)28(39-38(40(48)49)26(5)33(44-39)21-35(27)42-32)18-37(47)45(6)9-10-51-13-14-53-16-15-52-12-11-50-7;1-2-3(4)5/h19-21,23,42-43,46H,8-18,22H2,1-7H3,(H,48,49);2H2,1H3,(H,4,5). The van der Waals surface area contributed by atoms with Gasteiger partial charge in [-0.05, 0) is 74.1 Å². The van der Waals surface area contributed by atoms with E-state index in [1.165, 1.54) is 0 Å². The van der Waals surface area contributed by atoms with Crippen molar-refractivity contribution in [2.24, 2.45) is 0 Å². The van der Waals surface area contributed by atoms with Crippen LogP contribution in [0.5, 0.6) is 0 Å². The molecule has 0 spiro atoms. The fourth-order valence-electron chi connectivity index (χ4n) is 6.86. The van der Waals surface area contributed by atoms with Crippen molar-refractivity contribution >= 4 is 51.1 Å². The van der Waals surface area contributed by atoms with E-state index >= 15 is 0 Å². The summed E-state index contributed by atoms with van der Waals surface area (Å²) in [5.41, 5.74) is 10.5. The average Bonchev–Trinajstić information content (AvgIpc) is 3.90. The zero-order chi connectivity index (χ0) is 42.5. The molecule has 8 bridgehead atoms. The lowest BCUT2D eigenvalue weighted by Gasteiger charge is -2.18. The van der Waals surface area contributed by atoms with Gasteiger partial charge < -0.3 is 49.1 Å². The van der Waals surface area contributed by atoms with Gasteiger partial charge in [-0.15, -0.1) is 0 Å². The summed E-state index contributed by atoms with van der Waals surface area (Å²) in [6.07, 6.45) is 1.38. The van der Waals surface area contributed by atoms with Crippen molar-refractivity contribution in [1.29, 1.82) is 0 Å². The normalized spacial score (nSPS) is 13.7. The molecule has 0 aliphatic carbocycles. The summed E-state index contributed by atoms with van der Waals surface area (Å²) in [5, 5.41) is 28.7. The first kappa shape index (κ1) is 45.8. The van der Waals surface area contributed by atoms with Crippen LogP contribution in [0.4, 0.5) is 0 Å². The molecule has 15 heteroatoms. The zero-order valence-corrected chi connectivity index (χ0v) is 35.0. The van der Waals surface area contributed by atoms with Gasteiger partial charge in [0.2, 0.25) is 5.91 Å². The topological polar surface area (TPSA) is 209 Å². The van der Waals surface area contributed by atoms with Gasteiger partial charge in [-0.1, -0.05) is 20.8 Å². The number of nitrogens with zero attached hydrogens (tertiary/aromatic N) is 3. The van der Waals surface area contributed by atoms with Gasteiger partial charge in [0.15, 0.2) is 0 Å². The van der Waals surface area contributed by atoms with Crippen molar-refractivity contribution in [2.45, 2.75) is 79.8 Å². The van der Waals surface area contributed by atoms with Crippen molar-refractivity contribution in [3.63, 3.8) is 0 Å². The summed E-state index contributed by atoms with van der Waals surface area (Å²) >= 11 is 0. The second-order valence-electron chi connectivity index (χ2n) is 14.3. The Morgan fingerprint density at radius 3 is 1.95 bits per heavy atom. The van der Waals surface area contributed by atoms with Crippen LogP contribution in [0.3, 0.4) is 0 Å². The van der Waals surface area contributed by atoms with Gasteiger partial charge in [-0.2, -0.15) is 0 Å². The number of aryl methyl sites for hydroxylation is 3. The van der Waals surface area contributed by atoms with Crippen molar-refractivity contribution in [1.82, 2.24) is 24.8 Å². The van der Waals surface area contributed by atoms with E-state index in [-0.39, 0.29) is 42.5 Å². The molecule has 15 nitrogen and oxygen atoms in total. The first-order valence-electron chi connectivity index (χ1n) is 19.7. The van der Waals surface area contributed by atoms with Crippen molar-refractivity contribution in [2.75, 3.05) is 67.0 Å². The van der Waals surface area contributed by atoms with Crippen molar-refractivity contribution in [3.05, 3.63) is 68.8 Å². The molecule has 1 unspecified atom stereocenters. The lowest BCUT2D eigenvalue weighted by molar-refractivity contribution is -0.136. The number of carboxylic acids is 2. The fraction of sp³-hybridized carbons (Fsp3) is 0.512. The quantitative estimate of drug-likeness (QED) is 0.101. The molecule has 5 rings (SSSR count). The number of hydrogen-bond donors (Lipinski definition) is 5. The Bertz CT molecular complexity index is 2140. The second-order valence-corrected chi connectivity index (χ2v) is 14.3. The number of nitrogens with one attached hydrogen (secondary N) is 2. The third-order valence-corrected chi connectivity index (χ3v) is 10.4. The molecule has 5 heterocycles. The molecule has 3 aromatic heterocycles. The van der Waals surface area contributed by atoms with Gasteiger partial charge in [0.05, 0.1) is 76.2 Å². The Labute approximate surface area is 339 Å². The smallest absolute Gasteiger partial charge is 0.338 e. The van der Waals surface area contributed by atoms with E-state index in [1.807, 2.05) is 25.1 Å². The predicted molar refractivity (Wildman–Crippen MR) is 222 cm³/mol. The van der Waals surface area contributed by atoms with E-state index in [2.05, 4.69) is 30.7 Å². The Hall–Kier alpha value is -4.93. The summed E-state index contributed by atoms with van der Waals surface area (Å²) in [5.74, 6) is -2.08. The second kappa shape index (κ2) is 21.7. The lowest BCUT2D eigenvalue weighted by atomic mass is 9.96. The lowest BCUT2D eigenvalue weighted by Crippen LogP contribution is -2.32. The van der Waals surface area contributed by atoms with E-state index in [0.717, 1.165) is 56.4 Å². The van der Waals surface area contributed by atoms with E-state index in [4.69, 9.17) is 34.0 Å². The number of carbonyl (C=O) groups is 3. The minimum absolute atomic E-state index is 0.0148. The molecule has 1 amide bonds. The number of likely N-dealkylation sites (N-methyl/N-ethyl adjacent to an activating group) is 1. The van der Waals surface area contributed by atoms with Gasteiger partial charge in [-0.3, -0.25) is 14.6 Å². The minimum atomic E-state index is -1.11. The molecule has 0 aromatic carbocycles. The Kier molecular flexibility index (Phi) is 17.1. The molecule has 0 saturated carbocycles. The highest BCUT2D eigenvalue weighted by atomic mass is 16.6. The third kappa shape index (κ3) is 11.4. The SMILES string of the molecule is CCC(=O)O.CCc1c(C)c2cc3[nH]c(cc4nc(c(CC(=O)N(C)CCOCCOCCOCCOC)c5nc(cc1[nH]2)C(C)=C5C(=O)O)CC4C)c(C)c3CO. The van der Waals surface area contributed by atoms with E-state index in [9.17, 15) is 24.6 Å². The molecule has 2 aliphatic heterocycles. The van der Waals surface area contributed by atoms with Gasteiger partial charge in [0, 0.05) is 77.6 Å². The maximum absolute atomic E-state index is 13.8. The monoisotopic (exact) mass is 805 g/mol. The van der Waals surface area contributed by atoms with Gasteiger partial charge in [-0.25, -0.2) is 9.78 Å². The number of carboxylic acid groups (broad SMARTS) is 2. The highest BCUT2D eigenvalue weighted by molar-refractivity contribution is 6.24. The molecule has 3 aromatic rings. The molecule has 2 aliphatic rings. The van der Waals surface area contributed by atoms with E-state index < -0.39 is 11.9 Å². The van der Waals surface area contributed by atoms with Crippen LogP contribution in [0.25, 0.3) is 33.2 Å². The Balaban J connectivity index is 0.00000140. The molecule has 0 saturated heterocycles. The number of amides is 1. The summed E-state index contributed by atoms with van der Waals surface area (Å²) in [7, 11) is 3.33. The number of methoxy groups -OCH3 is 1. The van der Waals surface area contributed by atoms with Gasteiger partial charge in [0.1, 0.15) is 0 Å². The van der Waals surface area contributed by atoms with Crippen LogP contribution < -0.4 is 0 Å². The van der Waals surface area contributed by atoms with Crippen LogP contribution in [0, 0.1) is 13.8 Å². The highest BCUT2D eigenvalue weighted by Gasteiger charge is 2.30. The van der Waals surface area contributed by atoms with Gasteiger partial charge >= 0.3 is 11.9 Å². The first-order chi connectivity index (χ1) is 27.8. The maximum Gasteiger partial charge on any atom is 0.338 e. The fourth-order valence-corrected chi connectivity index (χ4v) is 6.86. The molecular formula is C43H59N5O10. The number of aliphatic hydroxyl groups excluding tert-OH is 1. The largest absolute Gasteiger partial charge is 0.481 e. The van der Waals surface area contributed by atoms with Crippen molar-refractivity contribution < 1.29 is 48.7 Å². The van der Waals surface area contributed by atoms with Crippen LogP contribution in [-0.4, -0.2) is 125 Å². The number of carbonyl (C=O) groups excluding carboxylic acids is 1. The Morgan fingerprint density at radius 2 is 1.38 bits per heavy atom. The number of rotatable bonds is 18. The average molecular weight is 806 g/mol. The molecule has 0 radical (unpaired) electrons. The number of aliphatic carboxylic acids is 2. The van der Waals surface area contributed by atoms with Crippen LogP contribution in [0.1, 0.15) is 90.6 Å². The van der Waals surface area contributed by atoms with Crippen LogP contribution >= 0.6 is 0 Å².